The van der Waals surface area contributed by atoms with Crippen molar-refractivity contribution in [1.82, 2.24) is 0 Å². The van der Waals surface area contributed by atoms with Gasteiger partial charge in [-0.05, 0) is 44.2 Å². The van der Waals surface area contributed by atoms with Gasteiger partial charge in [0.05, 0.1) is 5.41 Å². The molecule has 1 aromatic carbocycles. The minimum absolute atomic E-state index is 0.115. The van der Waals surface area contributed by atoms with Crippen molar-refractivity contribution in [2.45, 2.75) is 45.1 Å². The minimum atomic E-state index is -0.553. The molecule has 0 aromatic heterocycles. The molecule has 3 nitrogen and oxygen atoms in total. The number of benzene rings is 1. The summed E-state index contributed by atoms with van der Waals surface area (Å²) in [4.78, 5) is 25.3. The Bertz CT molecular complexity index is 699. The zero-order chi connectivity index (χ0) is 15.5. The maximum absolute atomic E-state index is 12.7. The van der Waals surface area contributed by atoms with Gasteiger partial charge in [-0.15, -0.1) is 0 Å². The predicted molar refractivity (Wildman–Crippen MR) is 82.9 cm³/mol. The SMILES string of the molecule is CC1(C)OC(=O)[C@]23CCC(=O)C(c4ccccc4)=C2CC[C@H]13. The Balaban J connectivity index is 1.95. The Morgan fingerprint density at radius 3 is 2.55 bits per heavy atom. The van der Waals surface area contributed by atoms with E-state index in [1.807, 2.05) is 44.2 Å². The van der Waals surface area contributed by atoms with Gasteiger partial charge in [-0.2, -0.15) is 0 Å². The van der Waals surface area contributed by atoms with E-state index >= 15 is 0 Å². The van der Waals surface area contributed by atoms with Crippen molar-refractivity contribution in [2.24, 2.45) is 11.3 Å². The van der Waals surface area contributed by atoms with Gasteiger partial charge in [-0.3, -0.25) is 9.59 Å². The predicted octanol–water partition coefficient (Wildman–Crippen LogP) is 3.53. The van der Waals surface area contributed by atoms with E-state index in [2.05, 4.69) is 0 Å². The number of Topliss-reactive ketones (excluding diaryl/α,β-unsaturated/α-hetero) is 1. The lowest BCUT2D eigenvalue weighted by atomic mass is 9.64. The number of hydrogen-bond donors (Lipinski definition) is 0. The van der Waals surface area contributed by atoms with Gasteiger partial charge in [0.1, 0.15) is 5.60 Å². The first-order valence-corrected chi connectivity index (χ1v) is 8.02. The van der Waals surface area contributed by atoms with Crippen LogP contribution in [0.15, 0.2) is 35.9 Å². The van der Waals surface area contributed by atoms with Crippen LogP contribution in [-0.4, -0.2) is 17.4 Å². The highest BCUT2D eigenvalue weighted by atomic mass is 16.6. The molecule has 4 rings (SSSR count). The van der Waals surface area contributed by atoms with Crippen molar-refractivity contribution in [3.8, 4) is 0 Å². The van der Waals surface area contributed by atoms with Crippen LogP contribution in [0.4, 0.5) is 0 Å². The average molecular weight is 296 g/mol. The fourth-order valence-corrected chi connectivity index (χ4v) is 4.90. The maximum atomic E-state index is 12.7. The number of hydrogen-bond acceptors (Lipinski definition) is 3. The Labute approximate surface area is 130 Å². The quantitative estimate of drug-likeness (QED) is 0.745. The zero-order valence-corrected chi connectivity index (χ0v) is 13.0. The monoisotopic (exact) mass is 296 g/mol. The third kappa shape index (κ3) is 1.57. The molecule has 3 aliphatic rings. The standard InChI is InChI=1S/C19H20O3/c1-18(2)15-9-8-13-16(12-6-4-3-5-7-12)14(20)10-11-19(13,15)17(21)22-18/h3-7,15H,8-11H2,1-2H3/t15-,19-/m1/s1. The molecule has 0 bridgehead atoms. The normalized spacial score (nSPS) is 32.7. The van der Waals surface area contributed by atoms with Crippen molar-refractivity contribution < 1.29 is 14.3 Å². The van der Waals surface area contributed by atoms with Crippen molar-refractivity contribution in [3.05, 3.63) is 41.5 Å². The summed E-state index contributed by atoms with van der Waals surface area (Å²) in [5.74, 6) is 0.246. The molecule has 0 N–H and O–H groups in total. The summed E-state index contributed by atoms with van der Waals surface area (Å²) in [7, 11) is 0. The number of esters is 1. The molecule has 1 saturated carbocycles. The van der Waals surface area contributed by atoms with Gasteiger partial charge in [0.25, 0.3) is 0 Å². The van der Waals surface area contributed by atoms with Gasteiger partial charge in [0, 0.05) is 17.9 Å². The summed E-state index contributed by atoms with van der Waals surface area (Å²) in [6.45, 7) is 4.01. The number of rotatable bonds is 1. The van der Waals surface area contributed by atoms with Crippen LogP contribution in [0.5, 0.6) is 0 Å². The van der Waals surface area contributed by atoms with Crippen molar-refractivity contribution >= 4 is 17.3 Å². The molecule has 1 spiro atoms. The summed E-state index contributed by atoms with van der Waals surface area (Å²) >= 11 is 0. The van der Waals surface area contributed by atoms with Gasteiger partial charge < -0.3 is 4.74 Å². The summed E-state index contributed by atoms with van der Waals surface area (Å²) in [5, 5.41) is 0. The molecule has 1 saturated heterocycles. The topological polar surface area (TPSA) is 43.4 Å². The lowest BCUT2D eigenvalue weighted by Crippen LogP contribution is -2.38. The van der Waals surface area contributed by atoms with E-state index in [1.54, 1.807) is 0 Å². The molecular formula is C19H20O3. The summed E-state index contributed by atoms with van der Waals surface area (Å²) < 4.78 is 5.71. The Morgan fingerprint density at radius 1 is 1.09 bits per heavy atom. The first-order valence-electron chi connectivity index (χ1n) is 8.02. The van der Waals surface area contributed by atoms with Crippen LogP contribution in [0.25, 0.3) is 5.57 Å². The number of ketones is 1. The lowest BCUT2D eigenvalue weighted by Gasteiger charge is -2.34. The minimum Gasteiger partial charge on any atom is -0.459 e. The van der Waals surface area contributed by atoms with Crippen LogP contribution in [-0.2, 0) is 14.3 Å². The van der Waals surface area contributed by atoms with E-state index in [0.717, 1.165) is 29.6 Å². The van der Waals surface area contributed by atoms with E-state index in [0.29, 0.717) is 12.8 Å². The van der Waals surface area contributed by atoms with Gasteiger partial charge in [-0.1, -0.05) is 30.3 Å². The van der Waals surface area contributed by atoms with Crippen LogP contribution in [0, 0.1) is 11.3 Å². The molecule has 3 heteroatoms. The fraction of sp³-hybridized carbons (Fsp3) is 0.474. The molecule has 2 atom stereocenters. The number of allylic oxidation sites excluding steroid dienone is 1. The highest BCUT2D eigenvalue weighted by Gasteiger charge is 2.66. The summed E-state index contributed by atoms with van der Waals surface area (Å²) in [5.41, 5.74) is 1.78. The number of cyclic esters (lactones) is 1. The first kappa shape index (κ1) is 13.7. The van der Waals surface area contributed by atoms with E-state index in [4.69, 9.17) is 4.74 Å². The molecule has 0 radical (unpaired) electrons. The molecular weight excluding hydrogens is 276 g/mol. The molecule has 1 aliphatic heterocycles. The lowest BCUT2D eigenvalue weighted by molar-refractivity contribution is -0.151. The Morgan fingerprint density at radius 2 is 1.82 bits per heavy atom. The number of ether oxygens (including phenoxy) is 1. The van der Waals surface area contributed by atoms with Crippen molar-refractivity contribution in [1.29, 1.82) is 0 Å². The van der Waals surface area contributed by atoms with Crippen LogP contribution in [0.2, 0.25) is 0 Å². The van der Waals surface area contributed by atoms with Crippen molar-refractivity contribution in [3.63, 3.8) is 0 Å². The zero-order valence-electron chi connectivity index (χ0n) is 13.0. The van der Waals surface area contributed by atoms with E-state index in [1.165, 1.54) is 0 Å². The van der Waals surface area contributed by atoms with E-state index in [-0.39, 0.29) is 17.7 Å². The Hall–Kier alpha value is -1.90. The highest BCUT2D eigenvalue weighted by molar-refractivity contribution is 6.23. The summed E-state index contributed by atoms with van der Waals surface area (Å²) in [6, 6.07) is 9.78. The van der Waals surface area contributed by atoms with Crippen LogP contribution < -0.4 is 0 Å². The molecule has 2 fully saturated rings. The van der Waals surface area contributed by atoms with E-state index < -0.39 is 11.0 Å². The molecule has 22 heavy (non-hydrogen) atoms. The molecule has 1 heterocycles. The fourth-order valence-electron chi connectivity index (χ4n) is 4.90. The third-order valence-corrected chi connectivity index (χ3v) is 5.77. The number of carbonyl (C=O) groups is 2. The third-order valence-electron chi connectivity index (χ3n) is 5.77. The molecule has 0 amide bonds. The smallest absolute Gasteiger partial charge is 0.317 e. The maximum Gasteiger partial charge on any atom is 0.317 e. The van der Waals surface area contributed by atoms with Gasteiger partial charge in [0.2, 0.25) is 0 Å². The molecule has 2 aliphatic carbocycles. The van der Waals surface area contributed by atoms with Gasteiger partial charge in [0.15, 0.2) is 5.78 Å². The second-order valence-electron chi connectivity index (χ2n) is 7.20. The summed E-state index contributed by atoms with van der Waals surface area (Å²) in [6.07, 6.45) is 2.82. The highest BCUT2D eigenvalue weighted by Crippen LogP contribution is 2.63. The molecule has 0 unspecified atom stereocenters. The van der Waals surface area contributed by atoms with E-state index in [9.17, 15) is 9.59 Å². The second kappa shape index (κ2) is 4.31. The van der Waals surface area contributed by atoms with Crippen molar-refractivity contribution in [2.75, 3.05) is 0 Å². The average Bonchev–Trinajstić information content (AvgIpc) is 2.96. The first-order chi connectivity index (χ1) is 10.5. The van der Waals surface area contributed by atoms with Gasteiger partial charge >= 0.3 is 5.97 Å². The molecule has 1 aromatic rings. The second-order valence-corrected chi connectivity index (χ2v) is 7.20. The largest absolute Gasteiger partial charge is 0.459 e. The van der Waals surface area contributed by atoms with Crippen LogP contribution >= 0.6 is 0 Å². The van der Waals surface area contributed by atoms with Crippen LogP contribution in [0.3, 0.4) is 0 Å². The Kier molecular flexibility index (Phi) is 2.69. The van der Waals surface area contributed by atoms with Gasteiger partial charge in [-0.25, -0.2) is 0 Å². The number of carbonyl (C=O) groups excluding carboxylic acids is 2. The van der Waals surface area contributed by atoms with Crippen LogP contribution in [0.1, 0.15) is 45.1 Å². The molecule has 114 valence electrons.